The van der Waals surface area contributed by atoms with Gasteiger partial charge in [-0.05, 0) is 0 Å². The number of hydrogen-bond donors (Lipinski definition) is 0. The van der Waals surface area contributed by atoms with Crippen LogP contribution in [0.2, 0.25) is 0 Å². The molecule has 6 aromatic rings. The Morgan fingerprint density at radius 1 is 0.325 bits per heavy atom. The van der Waals surface area contributed by atoms with Gasteiger partial charge in [0.25, 0.3) is 0 Å². The maximum atomic E-state index is 2.85. The van der Waals surface area contributed by atoms with Crippen molar-refractivity contribution in [2.24, 2.45) is 0 Å². The molecule has 0 atom stereocenters. The van der Waals surface area contributed by atoms with Gasteiger partial charge < -0.3 is 0 Å². The number of hydrogen-bond acceptors (Lipinski definition) is 0. The van der Waals surface area contributed by atoms with Crippen LogP contribution in [0.15, 0.2) is 182 Å². The molecule has 0 saturated heterocycles. The van der Waals surface area contributed by atoms with E-state index in [9.17, 15) is 0 Å². The molecular weight excluding hydrogens is 586 g/mol. The summed E-state index contributed by atoms with van der Waals surface area (Å²) in [4.78, 5) is 0. The van der Waals surface area contributed by atoms with E-state index in [1.807, 2.05) is 0 Å². The van der Waals surface area contributed by atoms with Gasteiger partial charge in [-0.25, -0.2) is 0 Å². The van der Waals surface area contributed by atoms with Gasteiger partial charge in [0.1, 0.15) is 0 Å². The Labute approximate surface area is 249 Å². The fraction of sp³-hybridized carbons (Fsp3) is 0. The van der Waals surface area contributed by atoms with Crippen molar-refractivity contribution >= 4 is 68.5 Å². The number of rotatable bonds is 7. The van der Waals surface area contributed by atoms with Crippen LogP contribution in [-0.2, 0) is 0 Å². The molecule has 0 aromatic heterocycles. The predicted octanol–water partition coefficient (Wildman–Crippen LogP) is 7.04. The van der Waals surface area contributed by atoms with Crippen LogP contribution < -0.4 is 31.8 Å². The minimum atomic E-state index is -2.68. The van der Waals surface area contributed by atoms with Crippen LogP contribution in [0, 0.1) is 0 Å². The topological polar surface area (TPSA) is 0 Å². The average Bonchev–Trinajstić information content (AvgIpc) is 3.04. The molecule has 3 heteroatoms. The van der Waals surface area contributed by atoms with Crippen molar-refractivity contribution in [2.75, 3.05) is 0 Å². The zero-order valence-electron chi connectivity index (χ0n) is 22.3. The Morgan fingerprint density at radius 2 is 0.550 bits per heavy atom. The van der Waals surface area contributed by atoms with E-state index in [1.54, 1.807) is 0 Å². The van der Waals surface area contributed by atoms with Crippen molar-refractivity contribution in [3.8, 4) is 0 Å². The number of benzene rings is 6. The fourth-order valence-corrected chi connectivity index (χ4v) is 17.7. The Hall–Kier alpha value is -3.47. The molecule has 0 nitrogen and oxygen atoms in total. The third-order valence-corrected chi connectivity index (χ3v) is 17.7. The third-order valence-electron chi connectivity index (χ3n) is 7.57. The average molecular weight is 620 g/mol. The molecule has 6 rings (SSSR count). The quantitative estimate of drug-likeness (QED) is 0.168. The second kappa shape index (κ2) is 12.8. The third kappa shape index (κ3) is 5.18. The van der Waals surface area contributed by atoms with Gasteiger partial charge in [-0.3, -0.25) is 0 Å². The molecule has 0 aliphatic carbocycles. The first-order valence-corrected chi connectivity index (χ1v) is 17.4. The molecule has 0 aliphatic heterocycles. The van der Waals surface area contributed by atoms with Gasteiger partial charge in [-0.1, -0.05) is 0 Å². The van der Waals surface area contributed by atoms with E-state index in [4.69, 9.17) is 0 Å². The van der Waals surface area contributed by atoms with Gasteiger partial charge in [0, 0.05) is 0 Å². The SMILES string of the molecule is Br.C(=P(c1ccccc1)(c1ccccc1)c1ccccc1)[PH](c1ccccc1)(c1ccccc1)c1ccccc1. The van der Waals surface area contributed by atoms with Crippen molar-refractivity contribution in [1.29, 1.82) is 0 Å². The Kier molecular flexibility index (Phi) is 8.98. The Balaban J connectivity index is 0.00000323. The monoisotopic (exact) mass is 618 g/mol. The summed E-state index contributed by atoms with van der Waals surface area (Å²) in [6.07, 6.45) is 0. The van der Waals surface area contributed by atoms with E-state index in [0.29, 0.717) is 0 Å². The van der Waals surface area contributed by atoms with Crippen LogP contribution in [0.4, 0.5) is 0 Å². The van der Waals surface area contributed by atoms with Gasteiger partial charge in [-0.2, -0.15) is 0 Å². The van der Waals surface area contributed by atoms with E-state index in [1.165, 1.54) is 31.8 Å². The molecule has 0 N–H and O–H groups in total. The maximum absolute atomic E-state index is 2.85. The summed E-state index contributed by atoms with van der Waals surface area (Å²) < 4.78 is 0. The van der Waals surface area contributed by atoms with Crippen LogP contribution in [-0.4, -0.2) is 5.54 Å². The molecule has 0 unspecified atom stereocenters. The van der Waals surface area contributed by atoms with Crippen LogP contribution in [0.1, 0.15) is 0 Å². The molecule has 0 radical (unpaired) electrons. The van der Waals surface area contributed by atoms with Crippen molar-refractivity contribution in [3.05, 3.63) is 182 Å². The molecule has 198 valence electrons. The summed E-state index contributed by atoms with van der Waals surface area (Å²) in [5, 5.41) is 8.32. The fourth-order valence-electron chi connectivity index (χ4n) is 5.78. The van der Waals surface area contributed by atoms with Gasteiger partial charge in [0.15, 0.2) is 0 Å². The molecule has 0 bridgehead atoms. The molecule has 0 aliphatic rings. The summed E-state index contributed by atoms with van der Waals surface area (Å²) >= 11 is 0. The van der Waals surface area contributed by atoms with Crippen LogP contribution in [0.25, 0.3) is 0 Å². The molecule has 40 heavy (non-hydrogen) atoms. The second-order valence-electron chi connectivity index (χ2n) is 9.76. The molecule has 0 amide bonds. The van der Waals surface area contributed by atoms with Crippen molar-refractivity contribution in [1.82, 2.24) is 0 Å². The van der Waals surface area contributed by atoms with Crippen molar-refractivity contribution in [2.45, 2.75) is 0 Å². The van der Waals surface area contributed by atoms with Gasteiger partial charge in [0.2, 0.25) is 0 Å². The van der Waals surface area contributed by atoms with E-state index >= 15 is 0 Å². The normalized spacial score (nSPS) is 11.7. The van der Waals surface area contributed by atoms with Gasteiger partial charge in [0.05, 0.1) is 0 Å². The zero-order chi connectivity index (χ0) is 26.4. The second-order valence-corrected chi connectivity index (χ2v) is 17.1. The summed E-state index contributed by atoms with van der Waals surface area (Å²) in [5.41, 5.74) is 2.85. The first-order chi connectivity index (χ1) is 19.3. The van der Waals surface area contributed by atoms with Crippen molar-refractivity contribution < 1.29 is 0 Å². The first kappa shape index (κ1) is 28.1. The molecule has 6 aromatic carbocycles. The molecule has 0 heterocycles. The van der Waals surface area contributed by atoms with Crippen LogP contribution in [0.3, 0.4) is 0 Å². The standard InChI is InChI=1S/C37H32P2.BrH/c1-7-19-32(20-8-1)38(33-21-9-2-10-22-33,34-23-11-3-12-24-34)31-39(35-25-13-4-14-26-35,36-27-15-5-16-28-36)37-29-17-6-18-30-37;/h1-31,38H;1H. The van der Waals surface area contributed by atoms with Crippen LogP contribution in [0.5, 0.6) is 0 Å². The van der Waals surface area contributed by atoms with Gasteiger partial charge in [-0.15, -0.1) is 17.0 Å². The molecular formula is C37H33BrP2. The van der Waals surface area contributed by atoms with Crippen LogP contribution >= 0.6 is 31.1 Å². The summed E-state index contributed by atoms with van der Waals surface area (Å²) in [6.45, 7) is -2.23. The summed E-state index contributed by atoms with van der Waals surface area (Å²) in [6, 6.07) is 67.2. The minimum absolute atomic E-state index is 0. The van der Waals surface area contributed by atoms with Crippen molar-refractivity contribution in [3.63, 3.8) is 0 Å². The summed E-state index contributed by atoms with van der Waals surface area (Å²) in [7, 11) is -2.68. The predicted molar refractivity (Wildman–Crippen MR) is 188 cm³/mol. The molecule has 0 spiro atoms. The Morgan fingerprint density at radius 3 is 0.800 bits per heavy atom. The van der Waals surface area contributed by atoms with E-state index < -0.39 is 14.1 Å². The zero-order valence-corrected chi connectivity index (χ0v) is 25.9. The Bertz CT molecular complexity index is 1470. The summed E-state index contributed by atoms with van der Waals surface area (Å²) in [5.74, 6) is 0. The van der Waals surface area contributed by atoms with E-state index in [2.05, 4.69) is 188 Å². The van der Waals surface area contributed by atoms with E-state index in [0.717, 1.165) is 0 Å². The van der Waals surface area contributed by atoms with Gasteiger partial charge >= 0.3 is 234 Å². The molecule has 0 fully saturated rings. The number of halogens is 1. The first-order valence-electron chi connectivity index (χ1n) is 13.4. The molecule has 0 saturated carbocycles. The van der Waals surface area contributed by atoms with E-state index in [-0.39, 0.29) is 17.0 Å².